The molecule has 2 aromatic rings. The van der Waals surface area contributed by atoms with E-state index in [1.54, 1.807) is 18.6 Å². The van der Waals surface area contributed by atoms with Gasteiger partial charge in [0.15, 0.2) is 5.76 Å². The van der Waals surface area contributed by atoms with Crippen molar-refractivity contribution in [2.24, 2.45) is 0 Å². The van der Waals surface area contributed by atoms with E-state index < -0.39 is 0 Å². The molecule has 23 heavy (non-hydrogen) atoms. The highest BCUT2D eigenvalue weighted by Crippen LogP contribution is 2.37. The number of anilines is 1. The summed E-state index contributed by atoms with van der Waals surface area (Å²) >= 11 is 0. The van der Waals surface area contributed by atoms with Crippen LogP contribution in [0.1, 0.15) is 19.5 Å². The Morgan fingerprint density at radius 3 is 2.61 bits per heavy atom. The lowest BCUT2D eigenvalue weighted by Gasteiger charge is -2.29. The number of nitrogens with zero attached hydrogens (tertiary/aromatic N) is 5. The van der Waals surface area contributed by atoms with E-state index in [0.29, 0.717) is 17.2 Å². The van der Waals surface area contributed by atoms with E-state index in [2.05, 4.69) is 15.0 Å². The highest BCUT2D eigenvalue weighted by Gasteiger charge is 2.38. The third-order valence-corrected chi connectivity index (χ3v) is 3.65. The molecule has 0 fully saturated rings. The minimum atomic E-state index is -0.361. The summed E-state index contributed by atoms with van der Waals surface area (Å²) < 4.78 is 5.49. The van der Waals surface area contributed by atoms with E-state index in [9.17, 15) is 4.79 Å². The average Bonchev–Trinajstić information content (AvgIpc) is 2.81. The molecule has 0 saturated carbocycles. The first-order chi connectivity index (χ1) is 11.1. The van der Waals surface area contributed by atoms with Crippen LogP contribution in [-0.4, -0.2) is 39.0 Å². The molecule has 1 aliphatic heterocycles. The fourth-order valence-electron chi connectivity index (χ4n) is 2.54. The van der Waals surface area contributed by atoms with Crippen molar-refractivity contribution in [3.63, 3.8) is 0 Å². The lowest BCUT2D eigenvalue weighted by molar-refractivity contribution is -0.137. The van der Waals surface area contributed by atoms with Crippen LogP contribution in [0.5, 0.6) is 0 Å². The number of hydrazine groups is 1. The summed E-state index contributed by atoms with van der Waals surface area (Å²) in [4.78, 5) is 24.1. The number of pyridine rings is 1. The van der Waals surface area contributed by atoms with Crippen LogP contribution in [0, 0.1) is 0 Å². The molecule has 1 atom stereocenters. The summed E-state index contributed by atoms with van der Waals surface area (Å²) in [6.45, 7) is 3.36. The predicted octanol–water partition coefficient (Wildman–Crippen LogP) is 1.86. The largest absolute Gasteiger partial charge is 0.427 e. The normalized spacial score (nSPS) is 18.4. The van der Waals surface area contributed by atoms with Crippen molar-refractivity contribution in [3.05, 3.63) is 54.6 Å². The van der Waals surface area contributed by atoms with Crippen molar-refractivity contribution in [3.8, 4) is 0 Å². The smallest absolute Gasteiger partial charge is 0.307 e. The lowest BCUT2D eigenvalue weighted by atomic mass is 10.2. The summed E-state index contributed by atoms with van der Waals surface area (Å²) in [6, 6.07) is 5.48. The molecule has 3 heterocycles. The van der Waals surface area contributed by atoms with Crippen LogP contribution in [-0.2, 0) is 9.53 Å². The second-order valence-electron chi connectivity index (χ2n) is 5.18. The van der Waals surface area contributed by atoms with Gasteiger partial charge in [0, 0.05) is 20.2 Å². The second-order valence-corrected chi connectivity index (χ2v) is 5.18. The van der Waals surface area contributed by atoms with Gasteiger partial charge in [-0.25, -0.2) is 15.0 Å². The van der Waals surface area contributed by atoms with Crippen molar-refractivity contribution in [1.29, 1.82) is 0 Å². The summed E-state index contributed by atoms with van der Waals surface area (Å²) in [6.07, 6.45) is 6.59. The van der Waals surface area contributed by atoms with E-state index in [4.69, 9.17) is 4.74 Å². The van der Waals surface area contributed by atoms with E-state index in [1.165, 1.54) is 13.3 Å². The minimum Gasteiger partial charge on any atom is -0.427 e. The zero-order chi connectivity index (χ0) is 16.4. The number of carbonyl (C=O) groups is 1. The Morgan fingerprint density at radius 1 is 1.26 bits per heavy atom. The van der Waals surface area contributed by atoms with Crippen LogP contribution in [0.4, 0.5) is 5.69 Å². The Morgan fingerprint density at radius 2 is 2.00 bits per heavy atom. The Kier molecular flexibility index (Phi) is 4.03. The van der Waals surface area contributed by atoms with Crippen molar-refractivity contribution in [2.45, 2.75) is 19.9 Å². The number of likely N-dealkylation sites (N-methyl/N-ethyl adjacent to an activating group) is 1. The van der Waals surface area contributed by atoms with Gasteiger partial charge in [0.2, 0.25) is 0 Å². The van der Waals surface area contributed by atoms with Crippen LogP contribution < -0.4 is 5.01 Å². The van der Waals surface area contributed by atoms with Gasteiger partial charge in [-0.2, -0.15) is 0 Å². The molecule has 0 N–H and O–H groups in total. The number of ether oxygens (including phenoxy) is 1. The van der Waals surface area contributed by atoms with Crippen molar-refractivity contribution >= 4 is 17.4 Å². The van der Waals surface area contributed by atoms with E-state index >= 15 is 0 Å². The molecule has 118 valence electrons. The number of rotatable bonds is 3. The van der Waals surface area contributed by atoms with Gasteiger partial charge < -0.3 is 4.74 Å². The van der Waals surface area contributed by atoms with Crippen LogP contribution in [0.3, 0.4) is 0 Å². The molecule has 1 aliphatic rings. The Balaban J connectivity index is 2.17. The zero-order valence-electron chi connectivity index (χ0n) is 13.2. The van der Waals surface area contributed by atoms with Gasteiger partial charge in [0.05, 0.1) is 29.8 Å². The summed E-state index contributed by atoms with van der Waals surface area (Å²) in [7, 11) is 1.91. The van der Waals surface area contributed by atoms with Gasteiger partial charge in [0.1, 0.15) is 12.0 Å². The number of hydrogen-bond donors (Lipinski definition) is 0. The maximum atomic E-state index is 11.5. The molecule has 2 aromatic heterocycles. The highest BCUT2D eigenvalue weighted by molar-refractivity contribution is 5.82. The van der Waals surface area contributed by atoms with E-state index in [0.717, 1.165) is 5.69 Å². The standard InChI is InChI=1S/C16H17N5O2/c1-11-16(23-12(2)22)15(14-6-4-5-7-19-14)21(20(11)3)13-8-17-10-18-9-13/h4-11H,1-3H3. The molecule has 7 heteroatoms. The molecule has 0 spiro atoms. The minimum absolute atomic E-state index is 0.129. The zero-order valence-corrected chi connectivity index (χ0v) is 13.2. The summed E-state index contributed by atoms with van der Waals surface area (Å²) in [5, 5.41) is 3.87. The van der Waals surface area contributed by atoms with Gasteiger partial charge >= 0.3 is 5.97 Å². The second kappa shape index (κ2) is 6.13. The van der Waals surface area contributed by atoms with E-state index in [-0.39, 0.29) is 12.0 Å². The van der Waals surface area contributed by atoms with Crippen molar-refractivity contribution in [2.75, 3.05) is 12.1 Å². The topological polar surface area (TPSA) is 71.5 Å². The molecule has 0 aliphatic carbocycles. The Bertz CT molecular complexity index is 733. The molecular formula is C16H17N5O2. The van der Waals surface area contributed by atoms with Gasteiger partial charge in [0.25, 0.3) is 0 Å². The lowest BCUT2D eigenvalue weighted by Crippen LogP contribution is -2.38. The fourth-order valence-corrected chi connectivity index (χ4v) is 2.54. The van der Waals surface area contributed by atoms with E-state index in [1.807, 2.05) is 42.2 Å². The van der Waals surface area contributed by atoms with Gasteiger partial charge in [-0.3, -0.25) is 14.8 Å². The predicted molar refractivity (Wildman–Crippen MR) is 84.7 cm³/mol. The third kappa shape index (κ3) is 2.78. The molecule has 1 unspecified atom stereocenters. The van der Waals surface area contributed by atoms with Gasteiger partial charge in [-0.1, -0.05) is 6.07 Å². The third-order valence-electron chi connectivity index (χ3n) is 3.65. The quantitative estimate of drug-likeness (QED) is 0.801. The van der Waals surface area contributed by atoms with Crippen LogP contribution in [0.25, 0.3) is 5.70 Å². The molecule has 7 nitrogen and oxygen atoms in total. The summed E-state index contributed by atoms with van der Waals surface area (Å²) in [5.41, 5.74) is 2.19. The average molecular weight is 311 g/mol. The molecule has 0 bridgehead atoms. The first kappa shape index (κ1) is 15.1. The molecule has 0 aromatic carbocycles. The van der Waals surface area contributed by atoms with Crippen LogP contribution in [0.15, 0.2) is 48.9 Å². The molecule has 0 radical (unpaired) electrons. The maximum absolute atomic E-state index is 11.5. The summed E-state index contributed by atoms with van der Waals surface area (Å²) in [5.74, 6) is 0.197. The van der Waals surface area contributed by atoms with Crippen molar-refractivity contribution < 1.29 is 9.53 Å². The van der Waals surface area contributed by atoms with Gasteiger partial charge in [-0.05, 0) is 19.1 Å². The number of aromatic nitrogens is 3. The Labute approximate surface area is 134 Å². The Hall–Kier alpha value is -2.80. The molecule has 0 amide bonds. The van der Waals surface area contributed by atoms with Gasteiger partial charge in [-0.15, -0.1) is 0 Å². The SMILES string of the molecule is CC(=O)OC1=C(c2ccccn2)N(c2cncnc2)N(C)C1C. The fraction of sp³-hybridized carbons (Fsp3) is 0.250. The molecular weight excluding hydrogens is 294 g/mol. The first-order valence-corrected chi connectivity index (χ1v) is 7.21. The highest BCUT2D eigenvalue weighted by atomic mass is 16.5. The van der Waals surface area contributed by atoms with Crippen LogP contribution in [0.2, 0.25) is 0 Å². The monoisotopic (exact) mass is 311 g/mol. The number of carbonyl (C=O) groups excluding carboxylic acids is 1. The molecule has 3 rings (SSSR count). The van der Waals surface area contributed by atoms with Crippen molar-refractivity contribution in [1.82, 2.24) is 20.0 Å². The van der Waals surface area contributed by atoms with Crippen LogP contribution >= 0.6 is 0 Å². The number of hydrogen-bond acceptors (Lipinski definition) is 7. The maximum Gasteiger partial charge on any atom is 0.307 e. The molecule has 0 saturated heterocycles. The number of esters is 1. The first-order valence-electron chi connectivity index (χ1n) is 7.21.